The fourth-order valence-electron chi connectivity index (χ4n) is 4.76. The number of rotatable bonds is 4. The molecule has 2 aromatic heterocycles. The molecule has 5 rings (SSSR count). The summed E-state index contributed by atoms with van der Waals surface area (Å²) < 4.78 is 31.7. The number of fused-ring (bicyclic) bond motifs is 1. The maximum absolute atomic E-state index is 11.9. The highest BCUT2D eigenvalue weighted by Crippen LogP contribution is 2.41. The Kier molecular flexibility index (Phi) is 5.35. The fraction of sp³-hybridized carbons (Fsp3) is 0.333. The maximum atomic E-state index is 11.9. The van der Waals surface area contributed by atoms with Crippen molar-refractivity contribution in [1.29, 1.82) is 0 Å². The number of aryl methyl sites for hydroxylation is 1. The van der Waals surface area contributed by atoms with Crippen molar-refractivity contribution < 1.29 is 18.0 Å². The third kappa shape index (κ3) is 3.84. The van der Waals surface area contributed by atoms with E-state index in [9.17, 15) is 13.6 Å². The van der Waals surface area contributed by atoms with Crippen LogP contribution >= 0.6 is 0 Å². The van der Waals surface area contributed by atoms with Gasteiger partial charge in [0, 0.05) is 48.1 Å². The summed E-state index contributed by atoms with van der Waals surface area (Å²) >= 11 is 0. The number of benzene rings is 1. The van der Waals surface area contributed by atoms with Crippen LogP contribution in [0.25, 0.3) is 22.5 Å². The van der Waals surface area contributed by atoms with E-state index >= 15 is 0 Å². The van der Waals surface area contributed by atoms with Crippen molar-refractivity contribution in [1.82, 2.24) is 9.29 Å². The van der Waals surface area contributed by atoms with Gasteiger partial charge in [0.05, 0.1) is 12.0 Å². The SMILES string of the molecule is CS(=O)(=O)N1CCC(c2cc(-c3ccc4c(c3)CC/C4=N/O)c(-c3ccncc3)o2)CC1. The van der Waals surface area contributed by atoms with E-state index in [4.69, 9.17) is 4.42 Å². The summed E-state index contributed by atoms with van der Waals surface area (Å²) in [7, 11) is -3.16. The molecule has 1 aliphatic carbocycles. The molecular formula is C24H25N3O4S. The lowest BCUT2D eigenvalue weighted by atomic mass is 9.93. The van der Waals surface area contributed by atoms with Crippen LogP contribution in [0, 0.1) is 0 Å². The van der Waals surface area contributed by atoms with Crippen molar-refractivity contribution in [3.05, 3.63) is 65.7 Å². The van der Waals surface area contributed by atoms with Gasteiger partial charge in [0.15, 0.2) is 0 Å². The maximum Gasteiger partial charge on any atom is 0.211 e. The molecule has 166 valence electrons. The van der Waals surface area contributed by atoms with Crippen molar-refractivity contribution in [2.45, 2.75) is 31.6 Å². The molecule has 0 unspecified atom stereocenters. The lowest BCUT2D eigenvalue weighted by molar-refractivity contribution is 0.298. The van der Waals surface area contributed by atoms with Crippen LogP contribution in [0.2, 0.25) is 0 Å². The first-order valence-electron chi connectivity index (χ1n) is 10.8. The molecule has 8 heteroatoms. The van der Waals surface area contributed by atoms with Crippen LogP contribution < -0.4 is 0 Å². The summed E-state index contributed by atoms with van der Waals surface area (Å²) in [6.07, 6.45) is 7.81. The summed E-state index contributed by atoms with van der Waals surface area (Å²) in [5.74, 6) is 1.85. The molecule has 1 N–H and O–H groups in total. The highest BCUT2D eigenvalue weighted by molar-refractivity contribution is 7.88. The number of hydrogen-bond donors (Lipinski definition) is 1. The molecule has 1 aromatic carbocycles. The number of aromatic nitrogens is 1. The van der Waals surface area contributed by atoms with Crippen molar-refractivity contribution in [3.63, 3.8) is 0 Å². The summed E-state index contributed by atoms with van der Waals surface area (Å²) in [5.41, 5.74) is 5.91. The predicted molar refractivity (Wildman–Crippen MR) is 122 cm³/mol. The van der Waals surface area contributed by atoms with Gasteiger partial charge in [-0.05, 0) is 55.0 Å². The zero-order valence-corrected chi connectivity index (χ0v) is 18.7. The van der Waals surface area contributed by atoms with Gasteiger partial charge < -0.3 is 9.62 Å². The van der Waals surface area contributed by atoms with Crippen LogP contribution in [0.5, 0.6) is 0 Å². The Morgan fingerprint density at radius 3 is 2.47 bits per heavy atom. The van der Waals surface area contributed by atoms with Crippen LogP contribution in [-0.2, 0) is 16.4 Å². The topological polar surface area (TPSA) is 96.0 Å². The fourth-order valence-corrected chi connectivity index (χ4v) is 5.63. The molecule has 0 radical (unpaired) electrons. The third-order valence-electron chi connectivity index (χ3n) is 6.50. The summed E-state index contributed by atoms with van der Waals surface area (Å²) in [4.78, 5) is 4.13. The Hall–Kier alpha value is -2.97. The number of sulfonamides is 1. The molecule has 0 amide bonds. The normalized spacial score (nSPS) is 18.8. The van der Waals surface area contributed by atoms with Crippen LogP contribution in [0.15, 0.2) is 58.4 Å². The number of nitrogens with zero attached hydrogens (tertiary/aromatic N) is 3. The van der Waals surface area contributed by atoms with E-state index in [1.165, 1.54) is 16.1 Å². The second-order valence-corrected chi connectivity index (χ2v) is 10.5. The lowest BCUT2D eigenvalue weighted by Crippen LogP contribution is -2.37. The highest BCUT2D eigenvalue weighted by atomic mass is 32.2. The zero-order chi connectivity index (χ0) is 22.3. The number of piperidine rings is 1. The predicted octanol–water partition coefficient (Wildman–Crippen LogP) is 4.27. The van der Waals surface area contributed by atoms with Gasteiger partial charge in [0.2, 0.25) is 10.0 Å². The van der Waals surface area contributed by atoms with Gasteiger partial charge in [-0.3, -0.25) is 4.98 Å². The first-order valence-corrected chi connectivity index (χ1v) is 12.6. The smallest absolute Gasteiger partial charge is 0.211 e. The zero-order valence-electron chi connectivity index (χ0n) is 17.9. The van der Waals surface area contributed by atoms with Crippen molar-refractivity contribution in [2.75, 3.05) is 19.3 Å². The average molecular weight is 452 g/mol. The van der Waals surface area contributed by atoms with Crippen LogP contribution in [0.1, 0.15) is 42.1 Å². The molecule has 0 atom stereocenters. The molecule has 0 spiro atoms. The van der Waals surface area contributed by atoms with Crippen molar-refractivity contribution >= 4 is 15.7 Å². The number of furan rings is 1. The first-order chi connectivity index (χ1) is 15.4. The van der Waals surface area contributed by atoms with E-state index in [1.54, 1.807) is 12.4 Å². The van der Waals surface area contributed by atoms with E-state index in [-0.39, 0.29) is 5.92 Å². The summed E-state index contributed by atoms with van der Waals surface area (Å²) in [5, 5.41) is 12.7. The summed E-state index contributed by atoms with van der Waals surface area (Å²) in [6.45, 7) is 1.01. The molecule has 0 saturated carbocycles. The Balaban J connectivity index is 1.52. The quantitative estimate of drug-likeness (QED) is 0.472. The van der Waals surface area contributed by atoms with Gasteiger partial charge in [-0.1, -0.05) is 23.4 Å². The minimum Gasteiger partial charge on any atom is -0.460 e. The second kappa shape index (κ2) is 8.18. The Labute approximate surface area is 187 Å². The molecule has 3 aromatic rings. The van der Waals surface area contributed by atoms with Gasteiger partial charge in [0.1, 0.15) is 11.5 Å². The minimum atomic E-state index is -3.16. The van der Waals surface area contributed by atoms with Crippen molar-refractivity contribution in [2.24, 2.45) is 5.16 Å². The first kappa shape index (κ1) is 20.9. The van der Waals surface area contributed by atoms with E-state index in [0.717, 1.165) is 65.2 Å². The molecule has 32 heavy (non-hydrogen) atoms. The van der Waals surface area contributed by atoms with Gasteiger partial charge in [-0.15, -0.1) is 0 Å². The summed E-state index contributed by atoms with van der Waals surface area (Å²) in [6, 6.07) is 12.2. The molecule has 1 saturated heterocycles. The minimum absolute atomic E-state index is 0.171. The Morgan fingerprint density at radius 1 is 1.03 bits per heavy atom. The molecule has 1 aliphatic heterocycles. The molecule has 2 aliphatic rings. The van der Waals surface area contributed by atoms with Gasteiger partial charge in [-0.2, -0.15) is 0 Å². The van der Waals surface area contributed by atoms with E-state index in [0.29, 0.717) is 13.1 Å². The monoisotopic (exact) mass is 451 g/mol. The molecule has 3 heterocycles. The van der Waals surface area contributed by atoms with Crippen LogP contribution in [-0.4, -0.2) is 48.0 Å². The number of pyridine rings is 1. The Morgan fingerprint density at radius 2 is 1.78 bits per heavy atom. The molecule has 0 bridgehead atoms. The number of oxime groups is 1. The average Bonchev–Trinajstić information content (AvgIpc) is 3.43. The third-order valence-corrected chi connectivity index (χ3v) is 7.80. The van der Waals surface area contributed by atoms with Gasteiger partial charge in [0.25, 0.3) is 0 Å². The largest absolute Gasteiger partial charge is 0.460 e. The van der Waals surface area contributed by atoms with Gasteiger partial charge >= 0.3 is 0 Å². The van der Waals surface area contributed by atoms with E-state index < -0.39 is 10.0 Å². The molecule has 7 nitrogen and oxygen atoms in total. The standard InChI is InChI=1S/C24H25N3O4S/c1-32(29,30)27-12-8-16(9-13-27)23-15-21(24(31-23)17-6-10-25-11-7-17)19-2-4-20-18(14-19)3-5-22(20)26-28/h2,4,6-7,10-11,14-16,28H,3,5,8-9,12-13H2,1H3/b26-22-. The van der Waals surface area contributed by atoms with Crippen molar-refractivity contribution in [3.8, 4) is 22.5 Å². The van der Waals surface area contributed by atoms with Gasteiger partial charge in [-0.25, -0.2) is 12.7 Å². The Bertz CT molecular complexity index is 1270. The van der Waals surface area contributed by atoms with E-state index in [1.807, 2.05) is 24.3 Å². The lowest BCUT2D eigenvalue weighted by Gasteiger charge is -2.29. The second-order valence-electron chi connectivity index (χ2n) is 8.48. The van der Waals surface area contributed by atoms with Crippen LogP contribution in [0.3, 0.4) is 0 Å². The van der Waals surface area contributed by atoms with E-state index in [2.05, 4.69) is 22.3 Å². The highest BCUT2D eigenvalue weighted by Gasteiger charge is 2.29. The number of hydrogen-bond acceptors (Lipinski definition) is 6. The molecular weight excluding hydrogens is 426 g/mol. The van der Waals surface area contributed by atoms with Crippen LogP contribution in [0.4, 0.5) is 0 Å². The molecule has 1 fully saturated rings.